The Bertz CT molecular complexity index is 575. The number of benzene rings is 1. The minimum atomic E-state index is -0.232. The molecule has 1 aromatic carbocycles. The van der Waals surface area contributed by atoms with Crippen LogP contribution in [0.15, 0.2) is 36.4 Å². The van der Waals surface area contributed by atoms with Gasteiger partial charge in [-0.2, -0.15) is 0 Å². The molecule has 0 unspecified atom stereocenters. The predicted octanol–water partition coefficient (Wildman–Crippen LogP) is 4.16. The molecule has 100 valence electrons. The van der Waals surface area contributed by atoms with E-state index in [0.29, 0.717) is 29.0 Å². The Morgan fingerprint density at radius 2 is 1.95 bits per heavy atom. The highest BCUT2D eigenvalue weighted by atomic mass is 35.5. The van der Waals surface area contributed by atoms with Gasteiger partial charge in [0.15, 0.2) is 0 Å². The molecule has 1 heterocycles. The quantitative estimate of drug-likeness (QED) is 0.788. The van der Waals surface area contributed by atoms with Crippen LogP contribution in [0.5, 0.6) is 0 Å². The monoisotopic (exact) mass is 298 g/mol. The summed E-state index contributed by atoms with van der Waals surface area (Å²) in [5.41, 5.74) is 1.62. The van der Waals surface area contributed by atoms with E-state index >= 15 is 0 Å². The summed E-state index contributed by atoms with van der Waals surface area (Å²) in [6.07, 6.45) is 0. The minimum Gasteiger partial charge on any atom is -0.296 e. The Kier molecular flexibility index (Phi) is 4.75. The molecule has 0 saturated heterocycles. The van der Waals surface area contributed by atoms with E-state index in [1.54, 1.807) is 18.2 Å². The summed E-state index contributed by atoms with van der Waals surface area (Å²) in [6.45, 7) is 1.16. The third-order valence-electron chi connectivity index (χ3n) is 2.65. The van der Waals surface area contributed by atoms with Crippen molar-refractivity contribution in [2.45, 2.75) is 13.1 Å². The van der Waals surface area contributed by atoms with E-state index in [0.717, 1.165) is 5.56 Å². The lowest BCUT2D eigenvalue weighted by Gasteiger charge is -2.17. The molecule has 2 nitrogen and oxygen atoms in total. The molecular formula is C14H13Cl2FN2. The van der Waals surface area contributed by atoms with Crippen molar-refractivity contribution in [2.24, 2.45) is 0 Å². The lowest BCUT2D eigenvalue weighted by Crippen LogP contribution is -2.18. The molecule has 0 aliphatic rings. The first-order chi connectivity index (χ1) is 9.04. The summed E-state index contributed by atoms with van der Waals surface area (Å²) in [5.74, 6) is -0.232. The number of hydrogen-bond acceptors (Lipinski definition) is 2. The Morgan fingerprint density at radius 3 is 2.68 bits per heavy atom. The topological polar surface area (TPSA) is 16.1 Å². The molecule has 5 heteroatoms. The van der Waals surface area contributed by atoms with Gasteiger partial charge in [-0.3, -0.25) is 4.90 Å². The summed E-state index contributed by atoms with van der Waals surface area (Å²) < 4.78 is 13.1. The van der Waals surface area contributed by atoms with Crippen molar-refractivity contribution in [3.8, 4) is 0 Å². The molecule has 1 aromatic heterocycles. The summed E-state index contributed by atoms with van der Waals surface area (Å²) in [6, 6.07) is 9.90. The van der Waals surface area contributed by atoms with Gasteiger partial charge in [0.25, 0.3) is 0 Å². The van der Waals surface area contributed by atoms with Gasteiger partial charge in [-0.1, -0.05) is 35.3 Å². The highest BCUT2D eigenvalue weighted by Crippen LogP contribution is 2.18. The maximum Gasteiger partial charge on any atom is 0.129 e. The Labute approximate surface area is 121 Å². The second-order valence-electron chi connectivity index (χ2n) is 4.36. The zero-order valence-corrected chi connectivity index (χ0v) is 11.9. The smallest absolute Gasteiger partial charge is 0.129 e. The van der Waals surface area contributed by atoms with Crippen molar-refractivity contribution in [2.75, 3.05) is 7.05 Å². The van der Waals surface area contributed by atoms with E-state index in [4.69, 9.17) is 23.2 Å². The van der Waals surface area contributed by atoms with Crippen LogP contribution in [0.1, 0.15) is 11.3 Å². The third-order valence-corrected chi connectivity index (χ3v) is 3.20. The second-order valence-corrected chi connectivity index (χ2v) is 5.16. The molecule has 0 fully saturated rings. The standard InChI is InChI=1S/C14H13Cl2FN2/c1-19(8-10-3-2-4-11(17)7-10)9-13-12(15)5-6-14(16)18-13/h2-7H,8-9H2,1H3. The van der Waals surface area contributed by atoms with Gasteiger partial charge >= 0.3 is 0 Å². The molecule has 0 bridgehead atoms. The summed E-state index contributed by atoms with van der Waals surface area (Å²) in [4.78, 5) is 6.19. The molecule has 0 aliphatic heterocycles. The molecule has 0 spiro atoms. The predicted molar refractivity (Wildman–Crippen MR) is 75.8 cm³/mol. The Balaban J connectivity index is 2.05. The van der Waals surface area contributed by atoms with Gasteiger partial charge in [0.2, 0.25) is 0 Å². The van der Waals surface area contributed by atoms with Crippen molar-refractivity contribution in [1.29, 1.82) is 0 Å². The zero-order valence-electron chi connectivity index (χ0n) is 10.4. The lowest BCUT2D eigenvalue weighted by atomic mass is 10.2. The maximum absolute atomic E-state index is 13.1. The van der Waals surface area contributed by atoms with E-state index in [1.807, 2.05) is 18.0 Å². The molecule has 0 N–H and O–H groups in total. The van der Waals surface area contributed by atoms with Gasteiger partial charge in [-0.25, -0.2) is 9.37 Å². The Hall–Kier alpha value is -1.16. The first kappa shape index (κ1) is 14.3. The molecule has 2 aromatic rings. The molecule has 0 aliphatic carbocycles. The van der Waals surface area contributed by atoms with Crippen LogP contribution in [0.2, 0.25) is 10.2 Å². The van der Waals surface area contributed by atoms with E-state index in [2.05, 4.69) is 4.98 Å². The number of pyridine rings is 1. The van der Waals surface area contributed by atoms with Gasteiger partial charge in [-0.15, -0.1) is 0 Å². The minimum absolute atomic E-state index is 0.232. The normalized spacial score (nSPS) is 11.0. The molecule has 19 heavy (non-hydrogen) atoms. The van der Waals surface area contributed by atoms with Gasteiger partial charge < -0.3 is 0 Å². The van der Waals surface area contributed by atoms with Gasteiger partial charge in [-0.05, 0) is 36.9 Å². The fourth-order valence-corrected chi connectivity index (χ4v) is 2.16. The van der Waals surface area contributed by atoms with Gasteiger partial charge in [0.1, 0.15) is 11.0 Å². The van der Waals surface area contributed by atoms with Gasteiger partial charge in [0, 0.05) is 13.1 Å². The van der Waals surface area contributed by atoms with Crippen molar-refractivity contribution in [3.63, 3.8) is 0 Å². The molecule has 2 rings (SSSR count). The Morgan fingerprint density at radius 1 is 1.16 bits per heavy atom. The second kappa shape index (κ2) is 6.33. The van der Waals surface area contributed by atoms with E-state index in [9.17, 15) is 4.39 Å². The molecule has 0 saturated carbocycles. The van der Waals surface area contributed by atoms with Crippen molar-refractivity contribution in [3.05, 3.63) is 63.6 Å². The highest BCUT2D eigenvalue weighted by Gasteiger charge is 2.08. The first-order valence-corrected chi connectivity index (χ1v) is 6.54. The fraction of sp³-hybridized carbons (Fsp3) is 0.214. The first-order valence-electron chi connectivity index (χ1n) is 5.78. The SMILES string of the molecule is CN(Cc1cccc(F)c1)Cc1nc(Cl)ccc1Cl. The summed E-state index contributed by atoms with van der Waals surface area (Å²) in [5, 5.41) is 0.994. The van der Waals surface area contributed by atoms with Gasteiger partial charge in [0.05, 0.1) is 10.7 Å². The average Bonchev–Trinajstić information content (AvgIpc) is 2.34. The number of nitrogens with zero attached hydrogens (tertiary/aromatic N) is 2. The number of aromatic nitrogens is 1. The number of rotatable bonds is 4. The van der Waals surface area contributed by atoms with Crippen LogP contribution in [0.4, 0.5) is 4.39 Å². The van der Waals surface area contributed by atoms with Crippen LogP contribution in [0, 0.1) is 5.82 Å². The lowest BCUT2D eigenvalue weighted by molar-refractivity contribution is 0.314. The van der Waals surface area contributed by atoms with Crippen LogP contribution in [-0.4, -0.2) is 16.9 Å². The van der Waals surface area contributed by atoms with Crippen LogP contribution >= 0.6 is 23.2 Å². The fourth-order valence-electron chi connectivity index (χ4n) is 1.83. The molecule has 0 amide bonds. The molecule has 0 atom stereocenters. The molecular weight excluding hydrogens is 286 g/mol. The highest BCUT2D eigenvalue weighted by molar-refractivity contribution is 6.32. The largest absolute Gasteiger partial charge is 0.296 e. The van der Waals surface area contributed by atoms with Crippen molar-refractivity contribution in [1.82, 2.24) is 9.88 Å². The van der Waals surface area contributed by atoms with Crippen LogP contribution in [0.25, 0.3) is 0 Å². The summed E-state index contributed by atoms with van der Waals surface area (Å²) >= 11 is 11.9. The zero-order chi connectivity index (χ0) is 13.8. The van der Waals surface area contributed by atoms with E-state index in [-0.39, 0.29) is 5.82 Å². The van der Waals surface area contributed by atoms with E-state index in [1.165, 1.54) is 12.1 Å². The van der Waals surface area contributed by atoms with Crippen LogP contribution in [0.3, 0.4) is 0 Å². The van der Waals surface area contributed by atoms with Crippen LogP contribution in [-0.2, 0) is 13.1 Å². The van der Waals surface area contributed by atoms with Crippen molar-refractivity contribution >= 4 is 23.2 Å². The van der Waals surface area contributed by atoms with Crippen LogP contribution < -0.4 is 0 Å². The maximum atomic E-state index is 13.1. The number of halogens is 3. The molecule has 0 radical (unpaired) electrons. The average molecular weight is 299 g/mol. The van der Waals surface area contributed by atoms with Crippen molar-refractivity contribution < 1.29 is 4.39 Å². The third kappa shape index (κ3) is 4.16. The number of hydrogen-bond donors (Lipinski definition) is 0. The summed E-state index contributed by atoms with van der Waals surface area (Å²) in [7, 11) is 1.92. The van der Waals surface area contributed by atoms with E-state index < -0.39 is 0 Å².